The van der Waals surface area contributed by atoms with Crippen LogP contribution in [0.3, 0.4) is 0 Å². The third-order valence-corrected chi connectivity index (χ3v) is 5.45. The number of hydrogen-bond donors (Lipinski definition) is 1. The summed E-state index contributed by atoms with van der Waals surface area (Å²) >= 11 is 0. The molecule has 0 aromatic heterocycles. The lowest BCUT2D eigenvalue weighted by Gasteiger charge is -2.32. The van der Waals surface area contributed by atoms with Gasteiger partial charge in [-0.3, -0.25) is 4.79 Å². The van der Waals surface area contributed by atoms with E-state index >= 15 is 0 Å². The smallest absolute Gasteiger partial charge is 0.240 e. The van der Waals surface area contributed by atoms with E-state index in [-0.39, 0.29) is 35.5 Å². The van der Waals surface area contributed by atoms with Crippen LogP contribution in [0, 0.1) is 0 Å². The summed E-state index contributed by atoms with van der Waals surface area (Å²) in [6, 6.07) is 8.09. The Morgan fingerprint density at radius 1 is 1.13 bits per heavy atom. The van der Waals surface area contributed by atoms with E-state index in [4.69, 9.17) is 0 Å². The fraction of sp³-hybridized carbons (Fsp3) is 0.500. The summed E-state index contributed by atoms with van der Waals surface area (Å²) in [4.78, 5) is 24.8. The van der Waals surface area contributed by atoms with Crippen molar-refractivity contribution in [1.82, 2.24) is 9.62 Å². The Hall–Kier alpha value is -1.73. The summed E-state index contributed by atoms with van der Waals surface area (Å²) in [6.45, 7) is 2.50. The van der Waals surface area contributed by atoms with Crippen molar-refractivity contribution in [2.24, 2.45) is 0 Å². The van der Waals surface area contributed by atoms with Gasteiger partial charge in [0.05, 0.1) is 4.90 Å². The minimum absolute atomic E-state index is 0.00357. The second-order valence-corrected chi connectivity index (χ2v) is 7.51. The standard InChI is InChI=1S/C16H22N2O4S/c1-13(19)7-8-16(20)18-11-9-14(10-12-18)17-23(21,22)15-5-3-2-4-6-15/h2-6,14,17H,7-12H2,1H3. The van der Waals surface area contributed by atoms with E-state index in [1.165, 1.54) is 6.92 Å². The number of hydrogen-bond acceptors (Lipinski definition) is 4. The molecule has 0 saturated carbocycles. The van der Waals surface area contributed by atoms with E-state index in [9.17, 15) is 18.0 Å². The molecule has 0 aliphatic carbocycles. The van der Waals surface area contributed by atoms with Crippen molar-refractivity contribution in [3.05, 3.63) is 30.3 Å². The van der Waals surface area contributed by atoms with Crippen LogP contribution < -0.4 is 4.72 Å². The number of sulfonamides is 1. The lowest BCUT2D eigenvalue weighted by Crippen LogP contribution is -2.46. The Kier molecular flexibility index (Phi) is 5.90. The first kappa shape index (κ1) is 17.6. The third-order valence-electron chi connectivity index (χ3n) is 3.91. The number of benzene rings is 1. The van der Waals surface area contributed by atoms with Gasteiger partial charge < -0.3 is 9.69 Å². The van der Waals surface area contributed by atoms with Gasteiger partial charge in [-0.05, 0) is 31.9 Å². The van der Waals surface area contributed by atoms with E-state index in [0.717, 1.165) is 0 Å². The predicted molar refractivity (Wildman–Crippen MR) is 86.3 cm³/mol. The Morgan fingerprint density at radius 2 is 1.74 bits per heavy atom. The average Bonchev–Trinajstić information content (AvgIpc) is 2.54. The maximum atomic E-state index is 12.3. The SMILES string of the molecule is CC(=O)CCC(=O)N1CCC(NS(=O)(=O)c2ccccc2)CC1. The molecule has 0 radical (unpaired) electrons. The van der Waals surface area contributed by atoms with Crippen molar-refractivity contribution in [2.45, 2.75) is 43.5 Å². The van der Waals surface area contributed by atoms with Crippen molar-refractivity contribution in [3.63, 3.8) is 0 Å². The average molecular weight is 338 g/mol. The summed E-state index contributed by atoms with van der Waals surface area (Å²) in [5, 5.41) is 0. The normalized spacial score (nSPS) is 16.3. The number of carbonyl (C=O) groups is 2. The molecule has 1 fully saturated rings. The van der Waals surface area contributed by atoms with Gasteiger partial charge in [0.15, 0.2) is 0 Å². The summed E-state index contributed by atoms with van der Waals surface area (Å²) < 4.78 is 27.2. The molecule has 6 nitrogen and oxygen atoms in total. The number of likely N-dealkylation sites (tertiary alicyclic amines) is 1. The van der Waals surface area contributed by atoms with Crippen LogP contribution in [0.15, 0.2) is 35.2 Å². The quantitative estimate of drug-likeness (QED) is 0.848. The first-order valence-electron chi connectivity index (χ1n) is 7.73. The van der Waals surface area contributed by atoms with Crippen molar-refractivity contribution in [3.8, 4) is 0 Å². The zero-order chi connectivity index (χ0) is 16.9. The molecule has 1 aliphatic heterocycles. The number of nitrogens with one attached hydrogen (secondary N) is 1. The molecule has 1 aliphatic rings. The molecule has 1 heterocycles. The maximum Gasteiger partial charge on any atom is 0.240 e. The van der Waals surface area contributed by atoms with E-state index in [1.54, 1.807) is 35.2 Å². The van der Waals surface area contributed by atoms with Gasteiger partial charge in [0, 0.05) is 32.0 Å². The van der Waals surface area contributed by atoms with Gasteiger partial charge in [0.2, 0.25) is 15.9 Å². The molecule has 126 valence electrons. The number of Topliss-reactive ketones (excluding diaryl/α,β-unsaturated/α-hetero) is 1. The van der Waals surface area contributed by atoms with E-state index in [1.807, 2.05) is 0 Å². The van der Waals surface area contributed by atoms with Gasteiger partial charge in [0.25, 0.3) is 0 Å². The van der Waals surface area contributed by atoms with Crippen molar-refractivity contribution in [1.29, 1.82) is 0 Å². The summed E-state index contributed by atoms with van der Waals surface area (Å²) in [5.41, 5.74) is 0. The van der Waals surface area contributed by atoms with E-state index < -0.39 is 10.0 Å². The predicted octanol–water partition coefficient (Wildman–Crippen LogP) is 1.33. The molecule has 1 aromatic carbocycles. The minimum Gasteiger partial charge on any atom is -0.343 e. The zero-order valence-electron chi connectivity index (χ0n) is 13.2. The highest BCUT2D eigenvalue weighted by molar-refractivity contribution is 7.89. The number of rotatable bonds is 6. The molecular formula is C16H22N2O4S. The third kappa shape index (κ3) is 5.14. The largest absolute Gasteiger partial charge is 0.343 e. The highest BCUT2D eigenvalue weighted by atomic mass is 32.2. The highest BCUT2D eigenvalue weighted by Gasteiger charge is 2.26. The number of ketones is 1. The fourth-order valence-corrected chi connectivity index (χ4v) is 3.90. The van der Waals surface area contributed by atoms with Crippen LogP contribution in [0.2, 0.25) is 0 Å². The molecule has 2 rings (SSSR count). The van der Waals surface area contributed by atoms with Crippen LogP contribution in [-0.4, -0.2) is 44.1 Å². The first-order chi connectivity index (χ1) is 10.9. The van der Waals surface area contributed by atoms with E-state index in [2.05, 4.69) is 4.72 Å². The number of carbonyl (C=O) groups excluding carboxylic acids is 2. The Bertz CT molecular complexity index is 650. The molecule has 0 atom stereocenters. The lowest BCUT2D eigenvalue weighted by atomic mass is 10.1. The zero-order valence-corrected chi connectivity index (χ0v) is 14.0. The topological polar surface area (TPSA) is 83.6 Å². The molecular weight excluding hydrogens is 316 g/mol. The molecule has 1 amide bonds. The lowest BCUT2D eigenvalue weighted by molar-refractivity contribution is -0.133. The Labute approximate surface area is 136 Å². The highest BCUT2D eigenvalue weighted by Crippen LogP contribution is 2.16. The molecule has 0 unspecified atom stereocenters. The molecule has 1 N–H and O–H groups in total. The van der Waals surface area contributed by atoms with Crippen LogP contribution in [0.1, 0.15) is 32.6 Å². The van der Waals surface area contributed by atoms with Gasteiger partial charge in [0.1, 0.15) is 5.78 Å². The number of nitrogens with zero attached hydrogens (tertiary/aromatic N) is 1. The molecule has 1 aromatic rings. The van der Waals surface area contributed by atoms with Crippen LogP contribution in [0.25, 0.3) is 0 Å². The molecule has 0 bridgehead atoms. The summed E-state index contributed by atoms with van der Waals surface area (Å²) in [7, 11) is -3.52. The summed E-state index contributed by atoms with van der Waals surface area (Å²) in [6.07, 6.45) is 1.66. The van der Waals surface area contributed by atoms with Crippen molar-refractivity contribution < 1.29 is 18.0 Å². The first-order valence-corrected chi connectivity index (χ1v) is 9.21. The van der Waals surface area contributed by atoms with Gasteiger partial charge in [-0.15, -0.1) is 0 Å². The Morgan fingerprint density at radius 3 is 2.30 bits per heavy atom. The van der Waals surface area contributed by atoms with Crippen LogP contribution in [-0.2, 0) is 19.6 Å². The molecule has 7 heteroatoms. The van der Waals surface area contributed by atoms with Crippen LogP contribution in [0.4, 0.5) is 0 Å². The van der Waals surface area contributed by atoms with Gasteiger partial charge >= 0.3 is 0 Å². The van der Waals surface area contributed by atoms with Crippen LogP contribution >= 0.6 is 0 Å². The van der Waals surface area contributed by atoms with Gasteiger partial charge in [-0.25, -0.2) is 13.1 Å². The van der Waals surface area contributed by atoms with Gasteiger partial charge in [-0.1, -0.05) is 18.2 Å². The minimum atomic E-state index is -3.52. The number of amides is 1. The van der Waals surface area contributed by atoms with Gasteiger partial charge in [-0.2, -0.15) is 0 Å². The second-order valence-electron chi connectivity index (χ2n) is 5.79. The maximum absolute atomic E-state index is 12.3. The number of piperidine rings is 1. The molecule has 23 heavy (non-hydrogen) atoms. The van der Waals surface area contributed by atoms with E-state index in [0.29, 0.717) is 25.9 Å². The van der Waals surface area contributed by atoms with Crippen LogP contribution in [0.5, 0.6) is 0 Å². The van der Waals surface area contributed by atoms with Crippen molar-refractivity contribution >= 4 is 21.7 Å². The Balaban J connectivity index is 1.85. The molecule has 0 spiro atoms. The molecule has 1 saturated heterocycles. The second kappa shape index (κ2) is 7.70. The fourth-order valence-electron chi connectivity index (χ4n) is 2.57. The summed E-state index contributed by atoms with van der Waals surface area (Å²) in [5.74, 6) is -0.0339. The monoisotopic (exact) mass is 338 g/mol. The van der Waals surface area contributed by atoms with Crippen molar-refractivity contribution in [2.75, 3.05) is 13.1 Å².